The first-order valence-corrected chi connectivity index (χ1v) is 16.5. The van der Waals surface area contributed by atoms with E-state index in [4.69, 9.17) is 19.9 Å². The molecule has 2 heterocycles. The highest BCUT2D eigenvalue weighted by molar-refractivity contribution is 5.90. The van der Waals surface area contributed by atoms with Gasteiger partial charge in [0.05, 0.1) is 11.1 Å². The van der Waals surface area contributed by atoms with Crippen LogP contribution in [0.2, 0.25) is 0 Å². The Bertz CT molecular complexity index is 2310. The van der Waals surface area contributed by atoms with Crippen molar-refractivity contribution < 1.29 is 0 Å². The van der Waals surface area contributed by atoms with Crippen molar-refractivity contribution in [3.8, 4) is 56.5 Å². The van der Waals surface area contributed by atoms with Crippen LogP contribution in [0.4, 0.5) is 0 Å². The SMILES string of the molecule is c1ccc(-c2nc(-c3ccccc3)nc(-c3ccc4c(c3)-c3cc(-c5ccccn5)ccc3C4(c3ccccc3)c3ccccc3)n2)cc1. The Hall–Kier alpha value is -6.52. The number of pyridine rings is 1. The quantitative estimate of drug-likeness (QED) is 0.184. The van der Waals surface area contributed by atoms with Gasteiger partial charge in [-0.05, 0) is 57.6 Å². The lowest BCUT2D eigenvalue weighted by Crippen LogP contribution is -2.28. The largest absolute Gasteiger partial charge is 0.256 e. The number of hydrogen-bond acceptors (Lipinski definition) is 4. The first-order valence-electron chi connectivity index (χ1n) is 16.5. The Balaban J connectivity index is 1.31. The molecule has 1 aliphatic rings. The van der Waals surface area contributed by atoms with Gasteiger partial charge >= 0.3 is 0 Å². The molecule has 9 rings (SSSR count). The Morgan fingerprint density at radius 1 is 0.347 bits per heavy atom. The van der Waals surface area contributed by atoms with Crippen LogP contribution in [0.5, 0.6) is 0 Å². The molecule has 0 aliphatic heterocycles. The van der Waals surface area contributed by atoms with Crippen molar-refractivity contribution in [2.45, 2.75) is 5.41 Å². The molecule has 2 aromatic heterocycles. The zero-order valence-corrected chi connectivity index (χ0v) is 26.6. The summed E-state index contributed by atoms with van der Waals surface area (Å²) < 4.78 is 0. The number of rotatable bonds is 6. The average Bonchev–Trinajstić information content (AvgIpc) is 3.49. The van der Waals surface area contributed by atoms with Crippen molar-refractivity contribution in [1.29, 1.82) is 0 Å². The highest BCUT2D eigenvalue weighted by Crippen LogP contribution is 2.57. The summed E-state index contributed by atoms with van der Waals surface area (Å²) in [5.41, 5.74) is 11.6. The van der Waals surface area contributed by atoms with Gasteiger partial charge in [0.1, 0.15) is 0 Å². The van der Waals surface area contributed by atoms with Gasteiger partial charge in [0.15, 0.2) is 17.5 Å². The molecule has 4 nitrogen and oxygen atoms in total. The van der Waals surface area contributed by atoms with Gasteiger partial charge in [0, 0.05) is 28.5 Å². The molecule has 0 saturated heterocycles. The molecule has 0 saturated carbocycles. The molecule has 1 aliphatic carbocycles. The maximum Gasteiger partial charge on any atom is 0.164 e. The first-order chi connectivity index (χ1) is 24.3. The summed E-state index contributed by atoms with van der Waals surface area (Å²) in [5, 5.41) is 0. The monoisotopic (exact) mass is 626 g/mol. The minimum absolute atomic E-state index is 0.516. The Morgan fingerprint density at radius 3 is 1.27 bits per heavy atom. The van der Waals surface area contributed by atoms with Gasteiger partial charge in [0.2, 0.25) is 0 Å². The van der Waals surface area contributed by atoms with Crippen LogP contribution >= 0.6 is 0 Å². The maximum atomic E-state index is 5.07. The number of hydrogen-bond donors (Lipinski definition) is 0. The van der Waals surface area contributed by atoms with E-state index in [1.54, 1.807) is 0 Å². The number of nitrogens with zero attached hydrogens (tertiary/aromatic N) is 4. The molecule has 0 radical (unpaired) electrons. The summed E-state index contributed by atoms with van der Waals surface area (Å²) in [4.78, 5) is 19.8. The van der Waals surface area contributed by atoms with E-state index in [1.807, 2.05) is 79.0 Å². The molecule has 49 heavy (non-hydrogen) atoms. The van der Waals surface area contributed by atoms with Crippen LogP contribution in [0, 0.1) is 0 Å². The van der Waals surface area contributed by atoms with E-state index in [1.165, 1.54) is 27.8 Å². The molecule has 0 unspecified atom stereocenters. The highest BCUT2D eigenvalue weighted by atomic mass is 15.0. The lowest BCUT2D eigenvalue weighted by molar-refractivity contribution is 0.768. The molecule has 0 amide bonds. The molecule has 0 N–H and O–H groups in total. The van der Waals surface area contributed by atoms with Gasteiger partial charge in [-0.1, -0.05) is 152 Å². The molecule has 0 bridgehead atoms. The van der Waals surface area contributed by atoms with Crippen molar-refractivity contribution in [2.24, 2.45) is 0 Å². The zero-order chi connectivity index (χ0) is 32.6. The number of aromatic nitrogens is 4. The fourth-order valence-corrected chi connectivity index (χ4v) is 7.27. The fraction of sp³-hybridized carbons (Fsp3) is 0.0222. The van der Waals surface area contributed by atoms with E-state index in [-0.39, 0.29) is 0 Å². The van der Waals surface area contributed by atoms with Crippen molar-refractivity contribution in [2.75, 3.05) is 0 Å². The van der Waals surface area contributed by atoms with Crippen LogP contribution in [0.25, 0.3) is 56.5 Å². The Labute approximate surface area is 285 Å². The van der Waals surface area contributed by atoms with Gasteiger partial charge < -0.3 is 0 Å². The van der Waals surface area contributed by atoms with Crippen molar-refractivity contribution >= 4 is 0 Å². The summed E-state index contributed by atoms with van der Waals surface area (Å²) in [6, 6.07) is 61.5. The fourth-order valence-electron chi connectivity index (χ4n) is 7.27. The van der Waals surface area contributed by atoms with E-state index in [9.17, 15) is 0 Å². The van der Waals surface area contributed by atoms with Gasteiger partial charge in [-0.15, -0.1) is 0 Å². The van der Waals surface area contributed by atoms with Gasteiger partial charge in [0.25, 0.3) is 0 Å². The van der Waals surface area contributed by atoms with Crippen LogP contribution in [0.1, 0.15) is 22.3 Å². The Kier molecular flexibility index (Phi) is 6.98. The van der Waals surface area contributed by atoms with Crippen molar-refractivity contribution in [3.05, 3.63) is 204 Å². The lowest BCUT2D eigenvalue weighted by Gasteiger charge is -2.34. The predicted octanol–water partition coefficient (Wildman–Crippen LogP) is 10.3. The third-order valence-electron chi connectivity index (χ3n) is 9.47. The van der Waals surface area contributed by atoms with Crippen molar-refractivity contribution in [3.63, 3.8) is 0 Å². The first kappa shape index (κ1) is 28.7. The second-order valence-corrected chi connectivity index (χ2v) is 12.3. The lowest BCUT2D eigenvalue weighted by atomic mass is 9.67. The minimum atomic E-state index is -0.516. The highest BCUT2D eigenvalue weighted by Gasteiger charge is 2.46. The third kappa shape index (κ3) is 4.85. The van der Waals surface area contributed by atoms with E-state index in [0.29, 0.717) is 17.5 Å². The van der Waals surface area contributed by atoms with Gasteiger partial charge in [-0.3, -0.25) is 4.98 Å². The maximum absolute atomic E-state index is 5.07. The molecular weight excluding hydrogens is 597 g/mol. The summed E-state index contributed by atoms with van der Waals surface area (Å²) in [7, 11) is 0. The molecule has 8 aromatic rings. The molecule has 0 spiro atoms. The molecule has 230 valence electrons. The normalized spacial score (nSPS) is 12.7. The van der Waals surface area contributed by atoms with Gasteiger partial charge in [-0.25, -0.2) is 15.0 Å². The van der Waals surface area contributed by atoms with E-state index in [0.717, 1.165) is 33.5 Å². The van der Waals surface area contributed by atoms with E-state index >= 15 is 0 Å². The second kappa shape index (κ2) is 11.9. The summed E-state index contributed by atoms with van der Waals surface area (Å²) in [5.74, 6) is 1.92. The number of fused-ring (bicyclic) bond motifs is 3. The number of benzene rings is 6. The van der Waals surface area contributed by atoms with Crippen LogP contribution in [0.15, 0.2) is 182 Å². The zero-order valence-electron chi connectivity index (χ0n) is 26.6. The minimum Gasteiger partial charge on any atom is -0.256 e. The second-order valence-electron chi connectivity index (χ2n) is 12.3. The molecule has 4 heteroatoms. The molecular formula is C45H30N4. The Morgan fingerprint density at radius 2 is 0.776 bits per heavy atom. The van der Waals surface area contributed by atoms with Crippen LogP contribution in [-0.4, -0.2) is 19.9 Å². The van der Waals surface area contributed by atoms with E-state index < -0.39 is 5.41 Å². The van der Waals surface area contributed by atoms with Crippen LogP contribution < -0.4 is 0 Å². The molecule has 0 atom stereocenters. The smallest absolute Gasteiger partial charge is 0.164 e. The average molecular weight is 627 g/mol. The summed E-state index contributed by atoms with van der Waals surface area (Å²) in [6.07, 6.45) is 1.85. The predicted molar refractivity (Wildman–Crippen MR) is 197 cm³/mol. The summed E-state index contributed by atoms with van der Waals surface area (Å²) in [6.45, 7) is 0. The van der Waals surface area contributed by atoms with Crippen molar-refractivity contribution in [1.82, 2.24) is 19.9 Å². The van der Waals surface area contributed by atoms with E-state index in [2.05, 4.69) is 103 Å². The summed E-state index contributed by atoms with van der Waals surface area (Å²) >= 11 is 0. The van der Waals surface area contributed by atoms with Crippen LogP contribution in [0.3, 0.4) is 0 Å². The van der Waals surface area contributed by atoms with Crippen LogP contribution in [-0.2, 0) is 5.41 Å². The standard InChI is InChI=1S/C45H30N4/c1-5-15-31(16-6-1)42-47-43(32-17-7-2-8-18-32)49-44(48-42)34-25-27-40-38(30-34)37-29-33(41-23-13-14-28-46-41)24-26-39(37)45(40,35-19-9-3-10-20-35)36-21-11-4-12-22-36/h1-30H. The topological polar surface area (TPSA) is 51.6 Å². The van der Waals surface area contributed by atoms with Gasteiger partial charge in [-0.2, -0.15) is 0 Å². The molecule has 6 aromatic carbocycles. The molecule has 0 fully saturated rings. The third-order valence-corrected chi connectivity index (χ3v) is 9.47.